The van der Waals surface area contributed by atoms with E-state index in [0.717, 1.165) is 5.56 Å². The van der Waals surface area contributed by atoms with Crippen molar-refractivity contribution in [2.75, 3.05) is 7.11 Å². The molecule has 0 saturated heterocycles. The Morgan fingerprint density at radius 2 is 2.29 bits per heavy atom. The zero-order valence-corrected chi connectivity index (χ0v) is 8.00. The van der Waals surface area contributed by atoms with Crippen LogP contribution < -0.4 is 10.1 Å². The third kappa shape index (κ3) is 2.02. The van der Waals surface area contributed by atoms with E-state index >= 15 is 0 Å². The number of hydrogen-bond donors (Lipinski definition) is 1. The maximum absolute atomic E-state index is 11.4. The largest absolute Gasteiger partial charge is 0.496 e. The minimum atomic E-state index is -0.451. The van der Waals surface area contributed by atoms with Crippen molar-refractivity contribution < 1.29 is 9.53 Å². The third-order valence-corrected chi connectivity index (χ3v) is 1.77. The van der Waals surface area contributed by atoms with Gasteiger partial charge < -0.3 is 4.74 Å². The molecule has 4 heteroatoms. The van der Waals surface area contributed by atoms with Gasteiger partial charge in [0.25, 0.3) is 5.91 Å². The number of hydrogen-bond acceptors (Lipinski definition) is 3. The Hall–Kier alpha value is -2.02. The Morgan fingerprint density at radius 3 is 2.86 bits per heavy atom. The summed E-state index contributed by atoms with van der Waals surface area (Å²) in [6.45, 7) is 1.86. The van der Waals surface area contributed by atoms with Crippen molar-refractivity contribution in [1.82, 2.24) is 5.32 Å². The Morgan fingerprint density at radius 1 is 1.57 bits per heavy atom. The third-order valence-electron chi connectivity index (χ3n) is 1.77. The van der Waals surface area contributed by atoms with Gasteiger partial charge in [-0.15, -0.1) is 0 Å². The second kappa shape index (κ2) is 4.28. The minimum Gasteiger partial charge on any atom is -0.496 e. The fourth-order valence-electron chi connectivity index (χ4n) is 1.12. The van der Waals surface area contributed by atoms with Gasteiger partial charge >= 0.3 is 0 Å². The van der Waals surface area contributed by atoms with Gasteiger partial charge in [-0.05, 0) is 19.1 Å². The van der Waals surface area contributed by atoms with E-state index in [1.807, 2.05) is 13.0 Å². The molecular weight excluding hydrogens is 180 g/mol. The Labute approximate surface area is 82.1 Å². The van der Waals surface area contributed by atoms with Crippen LogP contribution in [0.5, 0.6) is 5.75 Å². The first-order valence-corrected chi connectivity index (χ1v) is 4.03. The number of methoxy groups -OCH3 is 1. The number of rotatable bonds is 2. The molecule has 0 radical (unpaired) electrons. The first-order valence-electron chi connectivity index (χ1n) is 4.03. The molecule has 1 aromatic rings. The molecule has 0 spiro atoms. The molecule has 1 aromatic carbocycles. The topological polar surface area (TPSA) is 62.1 Å². The molecule has 0 unspecified atom stereocenters. The maximum atomic E-state index is 11.4. The number of nitrogens with one attached hydrogen (secondary N) is 1. The fourth-order valence-corrected chi connectivity index (χ4v) is 1.12. The number of nitrogens with zero attached hydrogens (tertiary/aromatic N) is 1. The number of nitriles is 1. The van der Waals surface area contributed by atoms with Gasteiger partial charge in [0.1, 0.15) is 5.75 Å². The molecule has 0 aliphatic carbocycles. The highest BCUT2D eigenvalue weighted by Crippen LogP contribution is 2.19. The summed E-state index contributed by atoms with van der Waals surface area (Å²) in [6, 6.07) is 5.20. The Balaban J connectivity index is 3.11. The van der Waals surface area contributed by atoms with E-state index in [9.17, 15) is 4.79 Å². The fraction of sp³-hybridized carbons (Fsp3) is 0.200. The molecule has 1 rings (SSSR count). The normalized spacial score (nSPS) is 8.93. The molecule has 0 aromatic heterocycles. The van der Waals surface area contributed by atoms with Crippen molar-refractivity contribution in [3.8, 4) is 11.9 Å². The molecule has 0 fully saturated rings. The quantitative estimate of drug-likeness (QED) is 0.563. The van der Waals surface area contributed by atoms with E-state index in [4.69, 9.17) is 10.00 Å². The van der Waals surface area contributed by atoms with Crippen LogP contribution in [0.15, 0.2) is 18.2 Å². The zero-order valence-electron chi connectivity index (χ0n) is 8.00. The van der Waals surface area contributed by atoms with Crippen LogP contribution in [0.2, 0.25) is 0 Å². The first kappa shape index (κ1) is 10.1. The highest BCUT2D eigenvalue weighted by Gasteiger charge is 2.11. The molecule has 0 heterocycles. The summed E-state index contributed by atoms with van der Waals surface area (Å²) < 4.78 is 5.00. The van der Waals surface area contributed by atoms with Gasteiger partial charge in [-0.1, -0.05) is 11.6 Å². The summed E-state index contributed by atoms with van der Waals surface area (Å²) in [4.78, 5) is 11.4. The predicted molar refractivity (Wildman–Crippen MR) is 50.8 cm³/mol. The smallest absolute Gasteiger partial charge is 0.268 e. The molecule has 14 heavy (non-hydrogen) atoms. The number of ether oxygens (including phenoxy) is 1. The van der Waals surface area contributed by atoms with Crippen LogP contribution in [0.25, 0.3) is 0 Å². The summed E-state index contributed by atoms with van der Waals surface area (Å²) in [6.07, 6.45) is 1.58. The van der Waals surface area contributed by atoms with Gasteiger partial charge in [-0.2, -0.15) is 5.26 Å². The summed E-state index contributed by atoms with van der Waals surface area (Å²) in [5.41, 5.74) is 1.31. The van der Waals surface area contributed by atoms with Crippen molar-refractivity contribution in [2.45, 2.75) is 6.92 Å². The lowest BCUT2D eigenvalue weighted by Gasteiger charge is -2.06. The molecule has 1 amide bonds. The van der Waals surface area contributed by atoms with E-state index < -0.39 is 5.91 Å². The van der Waals surface area contributed by atoms with E-state index in [1.54, 1.807) is 18.3 Å². The lowest BCUT2D eigenvalue weighted by Crippen LogP contribution is -2.18. The Kier molecular flexibility index (Phi) is 3.08. The first-order chi connectivity index (χ1) is 6.69. The van der Waals surface area contributed by atoms with Gasteiger partial charge in [0.2, 0.25) is 0 Å². The highest BCUT2D eigenvalue weighted by atomic mass is 16.5. The minimum absolute atomic E-state index is 0.369. The van der Waals surface area contributed by atoms with Crippen LogP contribution in [0.1, 0.15) is 15.9 Å². The predicted octanol–water partition coefficient (Wildman–Crippen LogP) is 1.21. The van der Waals surface area contributed by atoms with Crippen LogP contribution in [0, 0.1) is 18.4 Å². The van der Waals surface area contributed by atoms with Crippen LogP contribution >= 0.6 is 0 Å². The molecule has 0 saturated carbocycles. The van der Waals surface area contributed by atoms with E-state index in [1.165, 1.54) is 7.11 Å². The molecule has 0 atom stereocenters. The van der Waals surface area contributed by atoms with Crippen molar-refractivity contribution in [2.24, 2.45) is 0 Å². The molecular formula is C10H10N2O2. The molecule has 4 nitrogen and oxygen atoms in total. The van der Waals surface area contributed by atoms with Crippen molar-refractivity contribution in [3.05, 3.63) is 29.3 Å². The van der Waals surface area contributed by atoms with Gasteiger partial charge in [0.05, 0.1) is 12.7 Å². The van der Waals surface area contributed by atoms with E-state index in [2.05, 4.69) is 5.32 Å². The standard InChI is InChI=1S/C10H10N2O2/c1-7-3-4-9(14-2)8(5-7)10(13)12-6-11/h3-5H,1-2H3,(H,12,13). The van der Waals surface area contributed by atoms with Crippen LogP contribution in [-0.4, -0.2) is 13.0 Å². The molecule has 1 N–H and O–H groups in total. The summed E-state index contributed by atoms with van der Waals surface area (Å²) in [5, 5.41) is 10.4. The Bertz CT molecular complexity index is 394. The van der Waals surface area contributed by atoms with E-state index in [-0.39, 0.29) is 0 Å². The number of carbonyl (C=O) groups excluding carboxylic acids is 1. The molecule has 0 bridgehead atoms. The van der Waals surface area contributed by atoms with Gasteiger partial charge in [0.15, 0.2) is 6.19 Å². The SMILES string of the molecule is COc1ccc(C)cc1C(=O)NC#N. The highest BCUT2D eigenvalue weighted by molar-refractivity contribution is 5.97. The van der Waals surface area contributed by atoms with Gasteiger partial charge in [-0.25, -0.2) is 0 Å². The van der Waals surface area contributed by atoms with Crippen molar-refractivity contribution in [3.63, 3.8) is 0 Å². The number of aryl methyl sites for hydroxylation is 1. The number of amides is 1. The average Bonchev–Trinajstić information content (AvgIpc) is 2.18. The van der Waals surface area contributed by atoms with Crippen LogP contribution in [0.3, 0.4) is 0 Å². The number of carbonyl (C=O) groups is 1. The van der Waals surface area contributed by atoms with Crippen LogP contribution in [-0.2, 0) is 0 Å². The lowest BCUT2D eigenvalue weighted by molar-refractivity contribution is 0.0970. The summed E-state index contributed by atoms with van der Waals surface area (Å²) in [7, 11) is 1.48. The number of benzene rings is 1. The van der Waals surface area contributed by atoms with Gasteiger partial charge in [-0.3, -0.25) is 10.1 Å². The van der Waals surface area contributed by atoms with E-state index in [0.29, 0.717) is 11.3 Å². The second-order valence-electron chi connectivity index (χ2n) is 2.77. The van der Waals surface area contributed by atoms with Crippen LogP contribution in [0.4, 0.5) is 0 Å². The molecule has 0 aliphatic rings. The summed E-state index contributed by atoms with van der Waals surface area (Å²) in [5.74, 6) is 0.0106. The van der Waals surface area contributed by atoms with Crippen molar-refractivity contribution >= 4 is 5.91 Å². The lowest BCUT2D eigenvalue weighted by atomic mass is 10.1. The van der Waals surface area contributed by atoms with Crippen molar-refractivity contribution in [1.29, 1.82) is 5.26 Å². The molecule has 72 valence electrons. The maximum Gasteiger partial charge on any atom is 0.268 e. The zero-order chi connectivity index (χ0) is 10.6. The second-order valence-corrected chi connectivity index (χ2v) is 2.77. The monoisotopic (exact) mass is 190 g/mol. The van der Waals surface area contributed by atoms with Gasteiger partial charge in [0, 0.05) is 0 Å². The molecule has 0 aliphatic heterocycles. The average molecular weight is 190 g/mol. The summed E-state index contributed by atoms with van der Waals surface area (Å²) >= 11 is 0.